The summed E-state index contributed by atoms with van der Waals surface area (Å²) in [5.74, 6) is 0.645. The van der Waals surface area contributed by atoms with Crippen molar-refractivity contribution in [1.82, 2.24) is 0 Å². The Kier molecular flexibility index (Phi) is 4.05. The minimum atomic E-state index is -0.0841. The molecule has 0 saturated heterocycles. The second-order valence-corrected chi connectivity index (χ2v) is 5.05. The average molecular weight is 291 g/mol. The summed E-state index contributed by atoms with van der Waals surface area (Å²) < 4.78 is 5.73. The van der Waals surface area contributed by atoms with E-state index in [0.29, 0.717) is 0 Å². The molecule has 0 unspecified atom stereocenters. The third kappa shape index (κ3) is 2.93. The number of ether oxygens (including phenoxy) is 1. The summed E-state index contributed by atoms with van der Waals surface area (Å²) >= 11 is 0. The molecule has 3 rings (SSSR count). The van der Waals surface area contributed by atoms with Crippen molar-refractivity contribution in [3.8, 4) is 5.75 Å². The Balaban J connectivity index is 1.73. The van der Waals surface area contributed by atoms with E-state index in [1.54, 1.807) is 11.9 Å². The van der Waals surface area contributed by atoms with Crippen LogP contribution in [0.2, 0.25) is 0 Å². The average Bonchev–Trinajstić information content (AvgIpc) is 2.59. The Morgan fingerprint density at radius 1 is 0.909 bits per heavy atom. The lowest BCUT2D eigenvalue weighted by Crippen LogP contribution is -2.31. The number of para-hydroxylation sites is 1. The third-order valence-corrected chi connectivity index (χ3v) is 3.62. The number of nitrogens with zero attached hydrogens (tertiary/aromatic N) is 1. The lowest BCUT2D eigenvalue weighted by molar-refractivity contribution is -0.120. The Morgan fingerprint density at radius 2 is 1.59 bits per heavy atom. The lowest BCUT2D eigenvalue weighted by atomic mass is 10.1. The summed E-state index contributed by atoms with van der Waals surface area (Å²) in [5.41, 5.74) is 0.856. The minimum Gasteiger partial charge on any atom is -0.483 e. The summed E-state index contributed by atoms with van der Waals surface area (Å²) in [6.07, 6.45) is 0. The second kappa shape index (κ2) is 6.31. The SMILES string of the molecule is CN(C(=O)COc1cccc2ccccc12)c1ccccc1. The van der Waals surface area contributed by atoms with Gasteiger partial charge in [-0.25, -0.2) is 0 Å². The van der Waals surface area contributed by atoms with E-state index in [1.807, 2.05) is 72.8 Å². The number of anilines is 1. The van der Waals surface area contributed by atoms with Crippen LogP contribution >= 0.6 is 0 Å². The molecule has 0 aromatic heterocycles. The molecule has 0 atom stereocenters. The smallest absolute Gasteiger partial charge is 0.264 e. The molecule has 3 aromatic rings. The first-order valence-electron chi connectivity index (χ1n) is 7.18. The lowest BCUT2D eigenvalue weighted by Gasteiger charge is -2.18. The number of fused-ring (bicyclic) bond motifs is 1. The van der Waals surface area contributed by atoms with Crippen molar-refractivity contribution in [2.75, 3.05) is 18.6 Å². The van der Waals surface area contributed by atoms with Gasteiger partial charge in [0, 0.05) is 18.1 Å². The maximum absolute atomic E-state index is 12.3. The molecule has 0 N–H and O–H groups in total. The minimum absolute atomic E-state index is 0.0133. The van der Waals surface area contributed by atoms with Crippen LogP contribution in [0.3, 0.4) is 0 Å². The van der Waals surface area contributed by atoms with Gasteiger partial charge in [0.05, 0.1) is 0 Å². The molecule has 0 bridgehead atoms. The monoisotopic (exact) mass is 291 g/mol. The molecular formula is C19H17NO2. The van der Waals surface area contributed by atoms with Crippen LogP contribution in [0, 0.1) is 0 Å². The number of benzene rings is 3. The van der Waals surface area contributed by atoms with Gasteiger partial charge < -0.3 is 9.64 Å². The first-order chi connectivity index (χ1) is 10.8. The summed E-state index contributed by atoms with van der Waals surface area (Å²) in [6.45, 7) is 0.0133. The Hall–Kier alpha value is -2.81. The zero-order valence-corrected chi connectivity index (χ0v) is 12.4. The zero-order chi connectivity index (χ0) is 15.4. The van der Waals surface area contributed by atoms with Crippen LogP contribution in [0.15, 0.2) is 72.8 Å². The fourth-order valence-electron chi connectivity index (χ4n) is 2.35. The summed E-state index contributed by atoms with van der Waals surface area (Å²) in [7, 11) is 1.75. The van der Waals surface area contributed by atoms with E-state index in [0.717, 1.165) is 22.2 Å². The normalized spacial score (nSPS) is 10.4. The molecular weight excluding hydrogens is 274 g/mol. The first kappa shape index (κ1) is 14.1. The molecule has 0 saturated carbocycles. The van der Waals surface area contributed by atoms with Gasteiger partial charge in [0.1, 0.15) is 5.75 Å². The van der Waals surface area contributed by atoms with Gasteiger partial charge in [-0.15, -0.1) is 0 Å². The number of hydrogen-bond donors (Lipinski definition) is 0. The number of hydrogen-bond acceptors (Lipinski definition) is 2. The van der Waals surface area contributed by atoms with Crippen LogP contribution < -0.4 is 9.64 Å². The number of likely N-dealkylation sites (N-methyl/N-ethyl adjacent to an activating group) is 1. The van der Waals surface area contributed by atoms with Crippen molar-refractivity contribution >= 4 is 22.4 Å². The molecule has 0 aliphatic rings. The van der Waals surface area contributed by atoms with Crippen LogP contribution in [-0.4, -0.2) is 19.6 Å². The van der Waals surface area contributed by atoms with Crippen molar-refractivity contribution in [2.24, 2.45) is 0 Å². The van der Waals surface area contributed by atoms with Gasteiger partial charge in [-0.3, -0.25) is 4.79 Å². The molecule has 0 aliphatic heterocycles. The Morgan fingerprint density at radius 3 is 2.41 bits per heavy atom. The van der Waals surface area contributed by atoms with Gasteiger partial charge in [0.15, 0.2) is 6.61 Å². The van der Waals surface area contributed by atoms with E-state index in [-0.39, 0.29) is 12.5 Å². The fraction of sp³-hybridized carbons (Fsp3) is 0.105. The summed E-state index contributed by atoms with van der Waals surface area (Å²) in [5, 5.41) is 2.11. The van der Waals surface area contributed by atoms with Crippen LogP contribution in [-0.2, 0) is 4.79 Å². The van der Waals surface area contributed by atoms with Crippen LogP contribution in [0.5, 0.6) is 5.75 Å². The summed E-state index contributed by atoms with van der Waals surface area (Å²) in [6, 6.07) is 23.4. The quantitative estimate of drug-likeness (QED) is 0.730. The van der Waals surface area contributed by atoms with Crippen molar-refractivity contribution < 1.29 is 9.53 Å². The molecule has 0 spiro atoms. The highest BCUT2D eigenvalue weighted by atomic mass is 16.5. The maximum Gasteiger partial charge on any atom is 0.264 e. The van der Waals surface area contributed by atoms with Crippen molar-refractivity contribution in [2.45, 2.75) is 0 Å². The van der Waals surface area contributed by atoms with E-state index < -0.39 is 0 Å². The number of carbonyl (C=O) groups is 1. The van der Waals surface area contributed by atoms with Gasteiger partial charge >= 0.3 is 0 Å². The summed E-state index contributed by atoms with van der Waals surface area (Å²) in [4.78, 5) is 13.9. The largest absolute Gasteiger partial charge is 0.483 e. The van der Waals surface area contributed by atoms with Gasteiger partial charge in [0.2, 0.25) is 0 Å². The first-order valence-corrected chi connectivity index (χ1v) is 7.18. The highest BCUT2D eigenvalue weighted by molar-refractivity contribution is 5.94. The topological polar surface area (TPSA) is 29.5 Å². The van der Waals surface area contributed by atoms with Gasteiger partial charge in [0.25, 0.3) is 5.91 Å². The predicted molar refractivity (Wildman–Crippen MR) is 89.3 cm³/mol. The molecule has 3 heteroatoms. The highest BCUT2D eigenvalue weighted by Gasteiger charge is 2.12. The van der Waals surface area contributed by atoms with Gasteiger partial charge in [-0.1, -0.05) is 54.6 Å². The fourth-order valence-corrected chi connectivity index (χ4v) is 2.35. The zero-order valence-electron chi connectivity index (χ0n) is 12.4. The predicted octanol–water partition coefficient (Wildman–Crippen LogP) is 3.88. The van der Waals surface area contributed by atoms with E-state index in [1.165, 1.54) is 0 Å². The van der Waals surface area contributed by atoms with E-state index in [9.17, 15) is 4.79 Å². The van der Waals surface area contributed by atoms with Crippen molar-refractivity contribution in [3.63, 3.8) is 0 Å². The molecule has 3 aromatic carbocycles. The standard InChI is InChI=1S/C19H17NO2/c1-20(16-10-3-2-4-11-16)19(21)14-22-18-13-7-9-15-8-5-6-12-17(15)18/h2-13H,14H2,1H3. The third-order valence-electron chi connectivity index (χ3n) is 3.62. The molecule has 22 heavy (non-hydrogen) atoms. The van der Waals surface area contributed by atoms with Crippen LogP contribution in [0.4, 0.5) is 5.69 Å². The van der Waals surface area contributed by atoms with Crippen LogP contribution in [0.25, 0.3) is 10.8 Å². The Labute approximate surface area is 129 Å². The molecule has 3 nitrogen and oxygen atoms in total. The Bertz CT molecular complexity index is 778. The maximum atomic E-state index is 12.3. The molecule has 0 aliphatic carbocycles. The number of carbonyl (C=O) groups excluding carboxylic acids is 1. The van der Waals surface area contributed by atoms with E-state index in [4.69, 9.17) is 4.74 Å². The molecule has 0 fully saturated rings. The van der Waals surface area contributed by atoms with Crippen molar-refractivity contribution in [1.29, 1.82) is 0 Å². The van der Waals surface area contributed by atoms with E-state index >= 15 is 0 Å². The number of rotatable bonds is 4. The number of amides is 1. The molecule has 1 amide bonds. The van der Waals surface area contributed by atoms with E-state index in [2.05, 4.69) is 0 Å². The second-order valence-electron chi connectivity index (χ2n) is 5.05. The molecule has 110 valence electrons. The van der Waals surface area contributed by atoms with Crippen LogP contribution in [0.1, 0.15) is 0 Å². The van der Waals surface area contributed by atoms with Gasteiger partial charge in [-0.05, 0) is 23.6 Å². The van der Waals surface area contributed by atoms with Crippen molar-refractivity contribution in [3.05, 3.63) is 72.8 Å². The molecule has 0 radical (unpaired) electrons. The van der Waals surface area contributed by atoms with Gasteiger partial charge in [-0.2, -0.15) is 0 Å². The highest BCUT2D eigenvalue weighted by Crippen LogP contribution is 2.25. The molecule has 0 heterocycles.